The van der Waals surface area contributed by atoms with E-state index in [0.717, 1.165) is 0 Å². The summed E-state index contributed by atoms with van der Waals surface area (Å²) >= 11 is 0. The number of carbonyl (C=O) groups is 2. The third kappa shape index (κ3) is 2.56. The average Bonchev–Trinajstić information content (AvgIpc) is 2.47. The van der Waals surface area contributed by atoms with Gasteiger partial charge in [0.05, 0.1) is 19.8 Å². The Balaban J connectivity index is 2.68. The van der Waals surface area contributed by atoms with Gasteiger partial charge in [0.15, 0.2) is 0 Å². The Kier molecular flexibility index (Phi) is 4.17. The predicted molar refractivity (Wildman–Crippen MR) is 54.6 cm³/mol. The lowest BCUT2D eigenvalue weighted by Gasteiger charge is -2.24. The number of hydrogen-bond donors (Lipinski definition) is 2. The third-order valence-electron chi connectivity index (χ3n) is 2.56. The summed E-state index contributed by atoms with van der Waals surface area (Å²) in [7, 11) is 0. The maximum absolute atomic E-state index is 12.7. The largest absolute Gasteiger partial charge is 0.420 e. The molecule has 1 unspecified atom stereocenters. The topological polar surface area (TPSA) is 84.7 Å². The lowest BCUT2D eigenvalue weighted by molar-refractivity contribution is -0.191. The monoisotopic (exact) mass is 269 g/mol. The van der Waals surface area contributed by atoms with Gasteiger partial charge in [-0.3, -0.25) is 9.69 Å². The number of urea groups is 1. The number of nitrogens with two attached hydrogens (primary N) is 1. The lowest BCUT2D eigenvalue weighted by Crippen LogP contribution is -2.56. The van der Waals surface area contributed by atoms with Crippen LogP contribution in [-0.2, 0) is 9.53 Å². The van der Waals surface area contributed by atoms with E-state index in [1.54, 1.807) is 5.32 Å². The number of hydrogen-bond acceptors (Lipinski definition) is 4. The summed E-state index contributed by atoms with van der Waals surface area (Å²) in [6.45, 7) is 0.801. The number of rotatable bonds is 5. The number of ether oxygens (including phenoxy) is 1. The molecule has 1 atom stereocenters. The molecule has 1 rings (SSSR count). The van der Waals surface area contributed by atoms with Gasteiger partial charge in [-0.05, 0) is 6.92 Å². The van der Waals surface area contributed by atoms with E-state index in [1.165, 1.54) is 0 Å². The summed E-state index contributed by atoms with van der Waals surface area (Å²) < 4.78 is 42.9. The van der Waals surface area contributed by atoms with E-state index in [9.17, 15) is 22.8 Å². The van der Waals surface area contributed by atoms with Crippen LogP contribution >= 0.6 is 0 Å². The zero-order valence-corrected chi connectivity index (χ0v) is 9.71. The summed E-state index contributed by atoms with van der Waals surface area (Å²) in [5.74, 6) is -1.32. The molecule has 1 heterocycles. The lowest BCUT2D eigenvalue weighted by atomic mass is 10.0. The summed E-state index contributed by atoms with van der Waals surface area (Å²) in [6.07, 6.45) is -4.84. The Morgan fingerprint density at radius 2 is 2.00 bits per heavy atom. The van der Waals surface area contributed by atoms with Crippen LogP contribution in [0.3, 0.4) is 0 Å². The Bertz CT molecular complexity index is 348. The van der Waals surface area contributed by atoms with Gasteiger partial charge in [-0.25, -0.2) is 4.79 Å². The van der Waals surface area contributed by atoms with Crippen LogP contribution in [0.1, 0.15) is 6.92 Å². The van der Waals surface area contributed by atoms with Crippen molar-refractivity contribution in [2.75, 3.05) is 26.3 Å². The molecule has 0 spiro atoms. The van der Waals surface area contributed by atoms with Crippen LogP contribution < -0.4 is 11.1 Å². The van der Waals surface area contributed by atoms with Crippen LogP contribution in [-0.4, -0.2) is 54.9 Å². The molecule has 3 amide bonds. The van der Waals surface area contributed by atoms with Crippen molar-refractivity contribution >= 4 is 11.9 Å². The minimum atomic E-state index is -4.84. The van der Waals surface area contributed by atoms with E-state index >= 15 is 0 Å². The van der Waals surface area contributed by atoms with Crippen molar-refractivity contribution in [2.24, 2.45) is 5.73 Å². The number of nitrogens with zero attached hydrogens (tertiary/aromatic N) is 1. The second-order valence-electron chi connectivity index (χ2n) is 3.91. The van der Waals surface area contributed by atoms with Crippen LogP contribution in [0, 0.1) is 0 Å². The van der Waals surface area contributed by atoms with Gasteiger partial charge in [-0.2, -0.15) is 13.2 Å². The minimum Gasteiger partial charge on any atom is -0.378 e. The van der Waals surface area contributed by atoms with Crippen molar-refractivity contribution in [1.82, 2.24) is 10.2 Å². The van der Waals surface area contributed by atoms with Gasteiger partial charge in [0, 0.05) is 6.54 Å². The van der Waals surface area contributed by atoms with Gasteiger partial charge < -0.3 is 15.8 Å². The zero-order valence-electron chi connectivity index (χ0n) is 9.71. The molecule has 9 heteroatoms. The molecule has 0 bridgehead atoms. The summed E-state index contributed by atoms with van der Waals surface area (Å²) in [5, 5.41) is 1.64. The van der Waals surface area contributed by atoms with Gasteiger partial charge in [0.25, 0.3) is 5.91 Å². The highest BCUT2D eigenvalue weighted by Crippen LogP contribution is 2.34. The first kappa shape index (κ1) is 14.7. The first-order chi connectivity index (χ1) is 8.24. The van der Waals surface area contributed by atoms with Crippen molar-refractivity contribution < 1.29 is 27.5 Å². The number of nitrogens with one attached hydrogen (secondary N) is 1. The maximum Gasteiger partial charge on any atom is 0.420 e. The van der Waals surface area contributed by atoms with Crippen molar-refractivity contribution in [3.8, 4) is 0 Å². The second-order valence-corrected chi connectivity index (χ2v) is 3.91. The molecule has 18 heavy (non-hydrogen) atoms. The maximum atomic E-state index is 12.7. The van der Waals surface area contributed by atoms with E-state index in [0.29, 0.717) is 11.8 Å². The molecule has 0 aliphatic carbocycles. The zero-order chi connectivity index (χ0) is 14.0. The highest BCUT2D eigenvalue weighted by atomic mass is 19.4. The quantitative estimate of drug-likeness (QED) is 0.536. The van der Waals surface area contributed by atoms with Crippen LogP contribution in [0.25, 0.3) is 0 Å². The summed E-state index contributed by atoms with van der Waals surface area (Å²) in [4.78, 5) is 23.4. The summed E-state index contributed by atoms with van der Waals surface area (Å²) in [6, 6.07) is -1.07. The highest BCUT2D eigenvalue weighted by molar-refractivity contribution is 6.07. The molecule has 1 fully saturated rings. The molecule has 6 nitrogen and oxygen atoms in total. The molecule has 104 valence electrons. The molecule has 1 aliphatic rings. The molecule has 0 aromatic rings. The predicted octanol–water partition coefficient (Wildman–Crippen LogP) is -0.166. The second kappa shape index (κ2) is 5.11. The molecule has 1 aliphatic heterocycles. The van der Waals surface area contributed by atoms with Gasteiger partial charge in [-0.15, -0.1) is 0 Å². The van der Waals surface area contributed by atoms with Crippen LogP contribution in [0.2, 0.25) is 0 Å². The minimum absolute atomic E-state index is 0.0513. The Labute approximate surface area is 101 Å². The van der Waals surface area contributed by atoms with E-state index in [4.69, 9.17) is 10.5 Å². The van der Waals surface area contributed by atoms with E-state index in [-0.39, 0.29) is 26.3 Å². The van der Waals surface area contributed by atoms with Crippen LogP contribution in [0.15, 0.2) is 0 Å². The van der Waals surface area contributed by atoms with Gasteiger partial charge in [0.1, 0.15) is 0 Å². The molecule has 0 radical (unpaired) electrons. The van der Waals surface area contributed by atoms with Crippen LogP contribution in [0.4, 0.5) is 18.0 Å². The first-order valence-corrected chi connectivity index (χ1v) is 5.22. The van der Waals surface area contributed by atoms with Crippen molar-refractivity contribution in [3.63, 3.8) is 0 Å². The number of halogens is 3. The third-order valence-corrected chi connectivity index (χ3v) is 2.56. The Morgan fingerprint density at radius 3 is 2.44 bits per heavy atom. The molecular formula is C9H14F3N3O3. The Morgan fingerprint density at radius 1 is 1.39 bits per heavy atom. The molecule has 1 saturated heterocycles. The summed E-state index contributed by atoms with van der Waals surface area (Å²) in [5.41, 5.74) is 2.28. The van der Waals surface area contributed by atoms with E-state index in [1.807, 2.05) is 0 Å². The molecular weight excluding hydrogens is 255 g/mol. The van der Waals surface area contributed by atoms with Gasteiger partial charge in [0.2, 0.25) is 5.54 Å². The van der Waals surface area contributed by atoms with Gasteiger partial charge in [-0.1, -0.05) is 0 Å². The molecule has 3 N–H and O–H groups in total. The van der Waals surface area contributed by atoms with Crippen molar-refractivity contribution in [3.05, 3.63) is 0 Å². The number of imide groups is 1. The normalized spacial score (nSPS) is 24.6. The number of amides is 3. The number of alkyl halides is 3. The van der Waals surface area contributed by atoms with E-state index < -0.39 is 23.7 Å². The molecule has 0 aromatic heterocycles. The Hall–Kier alpha value is -1.35. The fourth-order valence-electron chi connectivity index (χ4n) is 1.43. The number of carbonyl (C=O) groups excluding carboxylic acids is 2. The van der Waals surface area contributed by atoms with E-state index in [2.05, 4.69) is 0 Å². The fraction of sp³-hybridized carbons (Fsp3) is 0.778. The van der Waals surface area contributed by atoms with Crippen LogP contribution in [0.5, 0.6) is 0 Å². The SMILES string of the molecule is CC1(C(F)(F)F)NC(=O)N(CCOCCN)C1=O. The average molecular weight is 269 g/mol. The smallest absolute Gasteiger partial charge is 0.378 e. The molecule has 0 aromatic carbocycles. The van der Waals surface area contributed by atoms with Crippen molar-refractivity contribution in [2.45, 2.75) is 18.6 Å². The first-order valence-electron chi connectivity index (χ1n) is 5.22. The van der Waals surface area contributed by atoms with Gasteiger partial charge >= 0.3 is 12.2 Å². The highest BCUT2D eigenvalue weighted by Gasteiger charge is 2.64. The standard InChI is InChI=1S/C9H14F3N3O3/c1-8(9(10,11)12)6(16)15(7(17)14-8)3-5-18-4-2-13/h2-5,13H2,1H3,(H,14,17). The fourth-order valence-corrected chi connectivity index (χ4v) is 1.43. The van der Waals surface area contributed by atoms with Crippen molar-refractivity contribution in [1.29, 1.82) is 0 Å². The molecule has 0 saturated carbocycles.